The van der Waals surface area contributed by atoms with Gasteiger partial charge in [-0.05, 0) is 6.07 Å². The average Bonchev–Trinajstić information content (AvgIpc) is 2.74. The number of oxazole rings is 1. The van der Waals surface area contributed by atoms with E-state index < -0.39 is 0 Å². The minimum absolute atomic E-state index is 0.0861. The molecule has 16 heavy (non-hydrogen) atoms. The standard InChI is InChI=1S/C10H11N3O3/c1-14-6-3-4-12-9(15-2)8(6)7-5-13-10(11)16-7/h3-5H,1-2H3,(H2,11,13). The first-order chi connectivity index (χ1) is 7.76. The smallest absolute Gasteiger partial charge is 0.292 e. The zero-order valence-corrected chi connectivity index (χ0v) is 8.93. The van der Waals surface area contributed by atoms with E-state index in [1.165, 1.54) is 13.3 Å². The molecular weight excluding hydrogens is 210 g/mol. The highest BCUT2D eigenvalue weighted by Crippen LogP contribution is 2.36. The van der Waals surface area contributed by atoms with Crippen molar-refractivity contribution in [3.05, 3.63) is 18.5 Å². The van der Waals surface area contributed by atoms with Crippen molar-refractivity contribution in [3.63, 3.8) is 0 Å². The molecule has 2 heterocycles. The fraction of sp³-hybridized carbons (Fsp3) is 0.200. The van der Waals surface area contributed by atoms with E-state index in [1.807, 2.05) is 0 Å². The molecule has 6 nitrogen and oxygen atoms in total. The molecule has 0 aliphatic rings. The molecule has 2 aromatic heterocycles. The van der Waals surface area contributed by atoms with Gasteiger partial charge in [0.05, 0.1) is 20.4 Å². The summed E-state index contributed by atoms with van der Waals surface area (Å²) in [7, 11) is 3.07. The van der Waals surface area contributed by atoms with E-state index in [1.54, 1.807) is 19.4 Å². The summed E-state index contributed by atoms with van der Waals surface area (Å²) in [5, 5.41) is 0. The third-order valence-electron chi connectivity index (χ3n) is 2.06. The van der Waals surface area contributed by atoms with Crippen LogP contribution < -0.4 is 15.2 Å². The molecule has 0 fully saturated rings. The molecule has 0 amide bonds. The van der Waals surface area contributed by atoms with Crippen LogP contribution in [0.25, 0.3) is 11.3 Å². The molecule has 0 aromatic carbocycles. The van der Waals surface area contributed by atoms with Gasteiger partial charge in [-0.25, -0.2) is 9.97 Å². The second-order valence-corrected chi connectivity index (χ2v) is 2.96. The first-order valence-corrected chi connectivity index (χ1v) is 4.55. The van der Waals surface area contributed by atoms with Crippen LogP contribution in [0.1, 0.15) is 0 Å². The third kappa shape index (κ3) is 1.65. The lowest BCUT2D eigenvalue weighted by atomic mass is 10.2. The number of methoxy groups -OCH3 is 2. The van der Waals surface area contributed by atoms with E-state index in [0.717, 1.165) is 0 Å². The second kappa shape index (κ2) is 4.09. The normalized spacial score (nSPS) is 10.1. The Kier molecular flexibility index (Phi) is 2.63. The molecule has 0 saturated carbocycles. The Bertz CT molecular complexity index is 474. The molecule has 0 bridgehead atoms. The predicted molar refractivity (Wildman–Crippen MR) is 57.3 cm³/mol. The van der Waals surface area contributed by atoms with Crippen molar-refractivity contribution in [2.45, 2.75) is 0 Å². The van der Waals surface area contributed by atoms with E-state index in [4.69, 9.17) is 19.6 Å². The molecular formula is C10H11N3O3. The van der Waals surface area contributed by atoms with E-state index in [9.17, 15) is 0 Å². The van der Waals surface area contributed by atoms with Gasteiger partial charge in [0.2, 0.25) is 5.88 Å². The largest absolute Gasteiger partial charge is 0.496 e. The van der Waals surface area contributed by atoms with E-state index in [-0.39, 0.29) is 6.01 Å². The third-order valence-corrected chi connectivity index (χ3v) is 2.06. The summed E-state index contributed by atoms with van der Waals surface area (Å²) >= 11 is 0. The summed E-state index contributed by atoms with van der Waals surface area (Å²) in [4.78, 5) is 7.88. The molecule has 0 atom stereocenters. The first kappa shape index (κ1) is 10.3. The number of hydrogen-bond acceptors (Lipinski definition) is 6. The van der Waals surface area contributed by atoms with Gasteiger partial charge in [0.25, 0.3) is 6.01 Å². The number of aromatic nitrogens is 2. The summed E-state index contributed by atoms with van der Waals surface area (Å²) in [5.41, 5.74) is 6.01. The van der Waals surface area contributed by atoms with Gasteiger partial charge in [0.1, 0.15) is 11.3 Å². The molecule has 0 radical (unpaired) electrons. The highest BCUT2D eigenvalue weighted by molar-refractivity contribution is 5.70. The maximum absolute atomic E-state index is 5.42. The van der Waals surface area contributed by atoms with Crippen LogP contribution in [0.15, 0.2) is 22.9 Å². The SMILES string of the molecule is COc1ccnc(OC)c1-c1cnc(N)o1. The van der Waals surface area contributed by atoms with Gasteiger partial charge >= 0.3 is 0 Å². The molecule has 2 aromatic rings. The van der Waals surface area contributed by atoms with Gasteiger partial charge in [-0.2, -0.15) is 0 Å². The Morgan fingerprint density at radius 1 is 1.25 bits per heavy atom. The van der Waals surface area contributed by atoms with Crippen molar-refractivity contribution >= 4 is 6.01 Å². The van der Waals surface area contributed by atoms with Crippen molar-refractivity contribution in [2.24, 2.45) is 0 Å². The van der Waals surface area contributed by atoms with Gasteiger partial charge in [0, 0.05) is 6.20 Å². The Hall–Kier alpha value is -2.24. The number of pyridine rings is 1. The summed E-state index contributed by atoms with van der Waals surface area (Å²) < 4.78 is 15.6. The number of ether oxygens (including phenoxy) is 2. The Morgan fingerprint density at radius 2 is 2.06 bits per heavy atom. The molecule has 0 spiro atoms. The number of nitrogens with zero attached hydrogens (tertiary/aromatic N) is 2. The van der Waals surface area contributed by atoms with Crippen LogP contribution in [0.4, 0.5) is 6.01 Å². The van der Waals surface area contributed by atoms with E-state index in [0.29, 0.717) is 23.0 Å². The van der Waals surface area contributed by atoms with Gasteiger partial charge in [-0.3, -0.25) is 0 Å². The predicted octanol–water partition coefficient (Wildman–Crippen LogP) is 1.34. The maximum atomic E-state index is 5.42. The fourth-order valence-electron chi connectivity index (χ4n) is 1.38. The molecule has 84 valence electrons. The van der Waals surface area contributed by atoms with E-state index >= 15 is 0 Å². The lowest BCUT2D eigenvalue weighted by Crippen LogP contribution is -1.94. The van der Waals surface area contributed by atoms with Gasteiger partial charge < -0.3 is 19.6 Å². The molecule has 6 heteroatoms. The Morgan fingerprint density at radius 3 is 2.62 bits per heavy atom. The number of nitrogens with two attached hydrogens (primary N) is 1. The lowest BCUT2D eigenvalue weighted by Gasteiger charge is -2.08. The van der Waals surface area contributed by atoms with Crippen molar-refractivity contribution in [1.29, 1.82) is 0 Å². The molecule has 2 N–H and O–H groups in total. The number of anilines is 1. The number of hydrogen-bond donors (Lipinski definition) is 1. The molecule has 0 aliphatic carbocycles. The van der Waals surface area contributed by atoms with Gasteiger partial charge in [-0.1, -0.05) is 0 Å². The highest BCUT2D eigenvalue weighted by atomic mass is 16.5. The summed E-state index contributed by atoms with van der Waals surface area (Å²) in [5.74, 6) is 1.44. The first-order valence-electron chi connectivity index (χ1n) is 4.55. The van der Waals surface area contributed by atoms with Crippen LogP contribution in [-0.4, -0.2) is 24.2 Å². The van der Waals surface area contributed by atoms with Crippen LogP contribution in [0.5, 0.6) is 11.6 Å². The number of rotatable bonds is 3. The fourth-order valence-corrected chi connectivity index (χ4v) is 1.38. The van der Waals surface area contributed by atoms with Crippen LogP contribution in [0.3, 0.4) is 0 Å². The zero-order chi connectivity index (χ0) is 11.5. The molecule has 0 aliphatic heterocycles. The van der Waals surface area contributed by atoms with Crippen LogP contribution in [0.2, 0.25) is 0 Å². The van der Waals surface area contributed by atoms with Crippen molar-refractivity contribution in [2.75, 3.05) is 20.0 Å². The topological polar surface area (TPSA) is 83.4 Å². The highest BCUT2D eigenvalue weighted by Gasteiger charge is 2.17. The minimum Gasteiger partial charge on any atom is -0.496 e. The number of nitrogen functional groups attached to an aromatic ring is 1. The Labute approximate surface area is 92.0 Å². The van der Waals surface area contributed by atoms with Crippen LogP contribution in [0, 0.1) is 0 Å². The summed E-state index contributed by atoms with van der Waals surface area (Å²) in [6, 6.07) is 1.79. The van der Waals surface area contributed by atoms with Crippen molar-refractivity contribution in [1.82, 2.24) is 9.97 Å². The minimum atomic E-state index is 0.0861. The second-order valence-electron chi connectivity index (χ2n) is 2.96. The Balaban J connectivity index is 2.60. The van der Waals surface area contributed by atoms with E-state index in [2.05, 4.69) is 9.97 Å². The zero-order valence-electron chi connectivity index (χ0n) is 8.93. The molecule has 0 saturated heterocycles. The quantitative estimate of drug-likeness (QED) is 0.841. The summed E-state index contributed by atoms with van der Waals surface area (Å²) in [6.45, 7) is 0. The summed E-state index contributed by atoms with van der Waals surface area (Å²) in [6.07, 6.45) is 3.08. The van der Waals surface area contributed by atoms with Gasteiger partial charge in [0.15, 0.2) is 5.76 Å². The maximum Gasteiger partial charge on any atom is 0.292 e. The van der Waals surface area contributed by atoms with Crippen molar-refractivity contribution < 1.29 is 13.9 Å². The lowest BCUT2D eigenvalue weighted by molar-refractivity contribution is 0.383. The van der Waals surface area contributed by atoms with Gasteiger partial charge in [-0.15, -0.1) is 0 Å². The molecule has 0 unspecified atom stereocenters. The average molecular weight is 221 g/mol. The van der Waals surface area contributed by atoms with Crippen molar-refractivity contribution in [3.8, 4) is 23.0 Å². The monoisotopic (exact) mass is 221 g/mol. The van der Waals surface area contributed by atoms with Crippen LogP contribution in [-0.2, 0) is 0 Å². The van der Waals surface area contributed by atoms with Crippen LogP contribution >= 0.6 is 0 Å². The molecule has 2 rings (SSSR count).